The summed E-state index contributed by atoms with van der Waals surface area (Å²) in [7, 11) is 0. The third kappa shape index (κ3) is 3.58. The Morgan fingerprint density at radius 1 is 1.30 bits per heavy atom. The van der Waals surface area contributed by atoms with Gasteiger partial charge >= 0.3 is 6.03 Å². The molecule has 2 aromatic rings. The van der Waals surface area contributed by atoms with Crippen LogP contribution in [0.5, 0.6) is 0 Å². The first-order valence-corrected chi connectivity index (χ1v) is 6.92. The molecule has 1 aromatic carbocycles. The molecule has 0 saturated carbocycles. The number of carbonyl (C=O) groups excluding carboxylic acids is 2. The van der Waals surface area contributed by atoms with Crippen molar-refractivity contribution in [3.8, 4) is 0 Å². The summed E-state index contributed by atoms with van der Waals surface area (Å²) in [6.07, 6.45) is 0. The maximum atomic E-state index is 11.8. The number of amides is 3. The molecule has 0 fully saturated rings. The summed E-state index contributed by atoms with van der Waals surface area (Å²) in [6.45, 7) is 2.48. The maximum Gasteiger partial charge on any atom is 0.319 e. The molecule has 104 valence electrons. The minimum Gasteiger partial charge on any atom is -0.366 e. The van der Waals surface area contributed by atoms with Gasteiger partial charge in [-0.2, -0.15) is 0 Å². The van der Waals surface area contributed by atoms with E-state index in [2.05, 4.69) is 10.6 Å². The predicted octanol–water partition coefficient (Wildman–Crippen LogP) is 2.48. The fourth-order valence-corrected chi connectivity index (χ4v) is 2.52. The number of carbonyl (C=O) groups is 2. The van der Waals surface area contributed by atoms with E-state index in [-0.39, 0.29) is 6.03 Å². The molecule has 0 radical (unpaired) electrons. The van der Waals surface area contributed by atoms with Crippen LogP contribution >= 0.6 is 11.3 Å². The van der Waals surface area contributed by atoms with Crippen molar-refractivity contribution in [2.75, 3.05) is 5.32 Å². The smallest absolute Gasteiger partial charge is 0.319 e. The number of primary amides is 1. The Balaban J connectivity index is 1.93. The molecule has 0 saturated heterocycles. The lowest BCUT2D eigenvalue weighted by Crippen LogP contribution is -2.28. The lowest BCUT2D eigenvalue weighted by atomic mass is 10.2. The number of nitrogens with two attached hydrogens (primary N) is 1. The van der Waals surface area contributed by atoms with E-state index in [1.54, 1.807) is 29.5 Å². The number of rotatable bonds is 4. The second kappa shape index (κ2) is 6.21. The number of hydrogen-bond donors (Lipinski definition) is 3. The van der Waals surface area contributed by atoms with Gasteiger partial charge in [0.05, 0.1) is 6.54 Å². The first-order chi connectivity index (χ1) is 9.56. The third-order valence-corrected chi connectivity index (χ3v) is 3.81. The second-order valence-corrected chi connectivity index (χ2v) is 5.28. The number of nitrogens with one attached hydrogen (secondary N) is 2. The summed E-state index contributed by atoms with van der Waals surface area (Å²) in [5, 5.41) is 7.42. The van der Waals surface area contributed by atoms with E-state index < -0.39 is 5.91 Å². The van der Waals surface area contributed by atoms with Crippen LogP contribution in [0.2, 0.25) is 0 Å². The molecular weight excluding hydrogens is 274 g/mol. The highest BCUT2D eigenvalue weighted by atomic mass is 32.1. The van der Waals surface area contributed by atoms with E-state index in [4.69, 9.17) is 5.73 Å². The van der Waals surface area contributed by atoms with Crippen LogP contribution in [-0.4, -0.2) is 11.9 Å². The zero-order chi connectivity index (χ0) is 14.5. The summed E-state index contributed by atoms with van der Waals surface area (Å²) in [4.78, 5) is 23.9. The van der Waals surface area contributed by atoms with Gasteiger partial charge in [0.25, 0.3) is 0 Å². The fourth-order valence-electron chi connectivity index (χ4n) is 1.67. The minimum absolute atomic E-state index is 0.320. The molecule has 2 rings (SSSR count). The van der Waals surface area contributed by atoms with Crippen LogP contribution in [0, 0.1) is 6.92 Å². The van der Waals surface area contributed by atoms with E-state index in [1.165, 1.54) is 6.07 Å². The average Bonchev–Trinajstić information content (AvgIpc) is 2.82. The van der Waals surface area contributed by atoms with Gasteiger partial charge in [0, 0.05) is 16.1 Å². The predicted molar refractivity (Wildman–Crippen MR) is 79.9 cm³/mol. The number of benzene rings is 1. The molecule has 4 N–H and O–H groups in total. The Labute approximate surface area is 120 Å². The summed E-state index contributed by atoms with van der Waals surface area (Å²) < 4.78 is 0. The van der Waals surface area contributed by atoms with Crippen molar-refractivity contribution >= 4 is 29.0 Å². The van der Waals surface area contributed by atoms with E-state index in [1.807, 2.05) is 18.4 Å². The zero-order valence-electron chi connectivity index (χ0n) is 11.0. The molecule has 3 amide bonds. The Kier molecular flexibility index (Phi) is 4.37. The Morgan fingerprint density at radius 2 is 2.10 bits per heavy atom. The van der Waals surface area contributed by atoms with E-state index in [0.717, 1.165) is 10.4 Å². The van der Waals surface area contributed by atoms with Gasteiger partial charge < -0.3 is 16.4 Å². The van der Waals surface area contributed by atoms with Crippen molar-refractivity contribution in [3.63, 3.8) is 0 Å². The van der Waals surface area contributed by atoms with Crippen molar-refractivity contribution in [2.24, 2.45) is 5.73 Å². The SMILES string of the molecule is Cc1ccsc1CNC(=O)Nc1cccc(C(N)=O)c1. The lowest BCUT2D eigenvalue weighted by molar-refractivity contribution is 0.100. The normalized spacial score (nSPS) is 10.1. The minimum atomic E-state index is -0.525. The number of urea groups is 1. The van der Waals surface area contributed by atoms with Crippen molar-refractivity contribution < 1.29 is 9.59 Å². The van der Waals surface area contributed by atoms with Crippen molar-refractivity contribution in [3.05, 3.63) is 51.7 Å². The zero-order valence-corrected chi connectivity index (χ0v) is 11.8. The fraction of sp³-hybridized carbons (Fsp3) is 0.143. The molecule has 6 heteroatoms. The van der Waals surface area contributed by atoms with Gasteiger partial charge in [-0.1, -0.05) is 6.07 Å². The maximum absolute atomic E-state index is 11.8. The molecule has 0 aliphatic carbocycles. The Morgan fingerprint density at radius 3 is 2.75 bits per heavy atom. The highest BCUT2D eigenvalue weighted by Gasteiger charge is 2.06. The Bertz CT molecular complexity index is 637. The quantitative estimate of drug-likeness (QED) is 0.808. The van der Waals surface area contributed by atoms with Crippen LogP contribution in [0.1, 0.15) is 20.8 Å². The molecule has 5 nitrogen and oxygen atoms in total. The van der Waals surface area contributed by atoms with Crippen LogP contribution in [0.4, 0.5) is 10.5 Å². The summed E-state index contributed by atoms with van der Waals surface area (Å²) in [5.74, 6) is -0.525. The Hall–Kier alpha value is -2.34. The first kappa shape index (κ1) is 14.1. The van der Waals surface area contributed by atoms with E-state index in [0.29, 0.717) is 17.8 Å². The van der Waals surface area contributed by atoms with E-state index in [9.17, 15) is 9.59 Å². The largest absolute Gasteiger partial charge is 0.366 e. The van der Waals surface area contributed by atoms with Gasteiger partial charge in [-0.15, -0.1) is 11.3 Å². The van der Waals surface area contributed by atoms with Crippen molar-refractivity contribution in [2.45, 2.75) is 13.5 Å². The van der Waals surface area contributed by atoms with Gasteiger partial charge in [0.2, 0.25) is 5.91 Å². The van der Waals surface area contributed by atoms with E-state index >= 15 is 0 Å². The number of anilines is 1. The number of hydrogen-bond acceptors (Lipinski definition) is 3. The molecule has 0 spiro atoms. The van der Waals surface area contributed by atoms with Crippen molar-refractivity contribution in [1.29, 1.82) is 0 Å². The second-order valence-electron chi connectivity index (χ2n) is 4.28. The highest BCUT2D eigenvalue weighted by Crippen LogP contribution is 2.15. The van der Waals surface area contributed by atoms with Crippen molar-refractivity contribution in [1.82, 2.24) is 5.32 Å². The third-order valence-electron chi connectivity index (χ3n) is 2.78. The summed E-state index contributed by atoms with van der Waals surface area (Å²) in [5.41, 5.74) is 7.23. The summed E-state index contributed by atoms with van der Waals surface area (Å²) >= 11 is 1.60. The molecule has 1 aromatic heterocycles. The number of aryl methyl sites for hydroxylation is 1. The molecule has 0 aliphatic heterocycles. The van der Waals surface area contributed by atoms with Crippen LogP contribution in [0.15, 0.2) is 35.7 Å². The van der Waals surface area contributed by atoms with Crippen LogP contribution in [0.25, 0.3) is 0 Å². The number of thiophene rings is 1. The van der Waals surface area contributed by atoms with Gasteiger partial charge in [0.1, 0.15) is 0 Å². The molecule has 0 unspecified atom stereocenters. The first-order valence-electron chi connectivity index (χ1n) is 6.04. The average molecular weight is 289 g/mol. The molecular formula is C14H15N3O2S. The topological polar surface area (TPSA) is 84.2 Å². The molecule has 20 heavy (non-hydrogen) atoms. The van der Waals surface area contributed by atoms with Gasteiger partial charge in [-0.05, 0) is 42.1 Å². The summed E-state index contributed by atoms with van der Waals surface area (Å²) in [6, 6.07) is 8.19. The highest BCUT2D eigenvalue weighted by molar-refractivity contribution is 7.10. The monoisotopic (exact) mass is 289 g/mol. The molecule has 1 heterocycles. The van der Waals surface area contributed by atoms with Crippen LogP contribution in [0.3, 0.4) is 0 Å². The van der Waals surface area contributed by atoms with Gasteiger partial charge in [0.15, 0.2) is 0 Å². The van der Waals surface area contributed by atoms with Gasteiger partial charge in [-0.3, -0.25) is 4.79 Å². The molecule has 0 bridgehead atoms. The molecule has 0 aliphatic rings. The lowest BCUT2D eigenvalue weighted by Gasteiger charge is -2.08. The van der Waals surface area contributed by atoms with Crippen LogP contribution < -0.4 is 16.4 Å². The van der Waals surface area contributed by atoms with Crippen LogP contribution in [-0.2, 0) is 6.54 Å². The molecule has 0 atom stereocenters. The van der Waals surface area contributed by atoms with Gasteiger partial charge in [-0.25, -0.2) is 4.79 Å². The standard InChI is InChI=1S/C14H15N3O2S/c1-9-5-6-20-12(9)8-16-14(19)17-11-4-2-3-10(7-11)13(15)18/h2-7H,8H2,1H3,(H2,15,18)(H2,16,17,19).